The van der Waals surface area contributed by atoms with Crippen molar-refractivity contribution in [3.63, 3.8) is 0 Å². The molecule has 1 heterocycles. The van der Waals surface area contributed by atoms with Crippen molar-refractivity contribution in [2.45, 2.75) is 13.3 Å². The third-order valence-electron chi connectivity index (χ3n) is 2.23. The topological polar surface area (TPSA) is 30.0 Å². The van der Waals surface area contributed by atoms with Crippen molar-refractivity contribution in [1.82, 2.24) is 4.98 Å². The summed E-state index contributed by atoms with van der Waals surface area (Å²) in [6, 6.07) is 3.58. The van der Waals surface area contributed by atoms with Crippen LogP contribution in [0.1, 0.15) is 21.1 Å². The molecule has 88 valence electrons. The molecule has 0 aliphatic carbocycles. The second-order valence-electron chi connectivity index (χ2n) is 3.58. The molecule has 0 aliphatic rings. The van der Waals surface area contributed by atoms with Gasteiger partial charge in [-0.25, -0.2) is 13.8 Å². The van der Waals surface area contributed by atoms with Gasteiger partial charge in [-0.2, -0.15) is 0 Å². The lowest BCUT2D eigenvalue weighted by atomic mass is 10.1. The number of aryl methyl sites for hydroxylation is 1. The number of hydrogen-bond acceptors (Lipinski definition) is 3. The summed E-state index contributed by atoms with van der Waals surface area (Å²) in [6.45, 7) is 1.81. The number of halogens is 2. The van der Waals surface area contributed by atoms with Gasteiger partial charge in [0, 0.05) is 11.1 Å². The van der Waals surface area contributed by atoms with Crippen molar-refractivity contribution in [3.05, 3.63) is 51.5 Å². The lowest BCUT2D eigenvalue weighted by Crippen LogP contribution is -2.07. The van der Waals surface area contributed by atoms with E-state index in [9.17, 15) is 13.6 Å². The molecule has 0 unspecified atom stereocenters. The molecule has 5 heteroatoms. The average Bonchev–Trinajstić information content (AvgIpc) is 2.68. The second kappa shape index (κ2) is 4.71. The van der Waals surface area contributed by atoms with Crippen LogP contribution in [0.25, 0.3) is 0 Å². The fourth-order valence-electron chi connectivity index (χ4n) is 1.44. The zero-order valence-corrected chi connectivity index (χ0v) is 9.85. The lowest BCUT2D eigenvalue weighted by Gasteiger charge is -2.01. The van der Waals surface area contributed by atoms with Gasteiger partial charge in [-0.1, -0.05) is 6.07 Å². The summed E-state index contributed by atoms with van der Waals surface area (Å²) in [6.07, 6.45) is -0.00111. The summed E-state index contributed by atoms with van der Waals surface area (Å²) >= 11 is 1.33. The quantitative estimate of drug-likeness (QED) is 0.786. The van der Waals surface area contributed by atoms with E-state index in [1.54, 1.807) is 0 Å². The minimum Gasteiger partial charge on any atom is -0.294 e. The Morgan fingerprint density at radius 2 is 2.18 bits per heavy atom. The smallest absolute Gasteiger partial charge is 0.172 e. The molecule has 0 atom stereocenters. The number of nitrogens with zero attached hydrogens (tertiary/aromatic N) is 1. The zero-order chi connectivity index (χ0) is 12.4. The summed E-state index contributed by atoms with van der Waals surface area (Å²) in [7, 11) is 0. The fourth-order valence-corrected chi connectivity index (χ4v) is 2.21. The van der Waals surface area contributed by atoms with Crippen LogP contribution in [0, 0.1) is 18.6 Å². The lowest BCUT2D eigenvalue weighted by molar-refractivity contribution is 0.0988. The van der Waals surface area contributed by atoms with Crippen LogP contribution in [0.15, 0.2) is 23.6 Å². The van der Waals surface area contributed by atoms with Crippen molar-refractivity contribution in [1.29, 1.82) is 0 Å². The predicted octanol–water partition coefficient (Wildman–Crippen LogP) is 3.16. The maximum atomic E-state index is 13.3. The largest absolute Gasteiger partial charge is 0.294 e. The maximum Gasteiger partial charge on any atom is 0.172 e. The monoisotopic (exact) mass is 253 g/mol. The number of ketones is 1. The van der Waals surface area contributed by atoms with Gasteiger partial charge in [-0.3, -0.25) is 4.79 Å². The Morgan fingerprint density at radius 3 is 2.82 bits per heavy atom. The van der Waals surface area contributed by atoms with Gasteiger partial charge in [0.15, 0.2) is 17.4 Å². The standard InChI is InChI=1S/C12H9F2NOS/c1-7-6-17-11(15-7)5-10(16)8-3-2-4-9(13)12(8)14/h2-4,6H,5H2,1H3. The van der Waals surface area contributed by atoms with E-state index in [-0.39, 0.29) is 12.0 Å². The molecule has 0 fully saturated rings. The number of benzene rings is 1. The number of hydrogen-bond donors (Lipinski definition) is 0. The molecule has 17 heavy (non-hydrogen) atoms. The highest BCUT2D eigenvalue weighted by molar-refractivity contribution is 7.09. The molecule has 1 aromatic heterocycles. The van der Waals surface area contributed by atoms with E-state index in [0.29, 0.717) is 5.01 Å². The zero-order valence-electron chi connectivity index (χ0n) is 9.04. The van der Waals surface area contributed by atoms with Crippen molar-refractivity contribution in [3.8, 4) is 0 Å². The molecule has 2 rings (SSSR count). The first-order chi connectivity index (χ1) is 8.08. The minimum atomic E-state index is -1.09. The van der Waals surface area contributed by atoms with Crippen LogP contribution >= 0.6 is 11.3 Å². The summed E-state index contributed by atoms with van der Waals surface area (Å²) in [5.74, 6) is -2.56. The number of carbonyl (C=O) groups is 1. The Kier molecular flexibility index (Phi) is 3.28. The number of carbonyl (C=O) groups excluding carboxylic acids is 1. The van der Waals surface area contributed by atoms with E-state index in [0.717, 1.165) is 11.8 Å². The molecule has 0 amide bonds. The van der Waals surface area contributed by atoms with Crippen LogP contribution in [0.2, 0.25) is 0 Å². The van der Waals surface area contributed by atoms with E-state index in [1.807, 2.05) is 12.3 Å². The summed E-state index contributed by atoms with van der Waals surface area (Å²) in [5.41, 5.74) is 0.593. The Bertz CT molecular complexity index is 565. The molecular weight excluding hydrogens is 244 g/mol. The van der Waals surface area contributed by atoms with Crippen molar-refractivity contribution in [2.75, 3.05) is 0 Å². The highest BCUT2D eigenvalue weighted by Gasteiger charge is 2.16. The molecule has 1 aromatic carbocycles. The molecule has 0 saturated heterocycles. The molecule has 0 spiro atoms. The van der Waals surface area contributed by atoms with Crippen LogP contribution in [0.3, 0.4) is 0 Å². The molecular formula is C12H9F2NOS. The molecule has 0 N–H and O–H groups in total. The van der Waals surface area contributed by atoms with Gasteiger partial charge < -0.3 is 0 Å². The summed E-state index contributed by atoms with van der Waals surface area (Å²) in [4.78, 5) is 15.9. The van der Waals surface area contributed by atoms with Crippen molar-refractivity contribution >= 4 is 17.1 Å². The SMILES string of the molecule is Cc1csc(CC(=O)c2cccc(F)c2F)n1. The first-order valence-electron chi connectivity index (χ1n) is 4.96. The van der Waals surface area contributed by atoms with Gasteiger partial charge in [0.1, 0.15) is 5.01 Å². The number of Topliss-reactive ketones (excluding diaryl/α,β-unsaturated/α-hetero) is 1. The third-order valence-corrected chi connectivity index (χ3v) is 3.20. The molecule has 2 nitrogen and oxygen atoms in total. The number of thiazole rings is 1. The van der Waals surface area contributed by atoms with Gasteiger partial charge in [-0.15, -0.1) is 11.3 Å². The number of rotatable bonds is 3. The van der Waals surface area contributed by atoms with Gasteiger partial charge in [0.25, 0.3) is 0 Å². The second-order valence-corrected chi connectivity index (χ2v) is 4.53. The molecule has 0 saturated carbocycles. The van der Waals surface area contributed by atoms with Crippen molar-refractivity contribution in [2.24, 2.45) is 0 Å². The van der Waals surface area contributed by atoms with Crippen LogP contribution < -0.4 is 0 Å². The van der Waals surface area contributed by atoms with E-state index < -0.39 is 17.4 Å². The molecule has 0 radical (unpaired) electrons. The van der Waals surface area contributed by atoms with Crippen LogP contribution in [-0.4, -0.2) is 10.8 Å². The fraction of sp³-hybridized carbons (Fsp3) is 0.167. The van der Waals surface area contributed by atoms with E-state index in [1.165, 1.54) is 23.5 Å². The first kappa shape index (κ1) is 11.9. The summed E-state index contributed by atoms with van der Waals surface area (Å²) < 4.78 is 26.3. The molecule has 0 aliphatic heterocycles. The predicted molar refractivity (Wildman–Crippen MR) is 61.2 cm³/mol. The van der Waals surface area contributed by atoms with Gasteiger partial charge in [0.2, 0.25) is 0 Å². The minimum absolute atomic E-state index is 0.00111. The highest BCUT2D eigenvalue weighted by atomic mass is 32.1. The van der Waals surface area contributed by atoms with Crippen LogP contribution in [-0.2, 0) is 6.42 Å². The normalized spacial score (nSPS) is 10.5. The van der Waals surface area contributed by atoms with E-state index in [4.69, 9.17) is 0 Å². The van der Waals surface area contributed by atoms with E-state index in [2.05, 4.69) is 4.98 Å². The Labute approximate surface area is 101 Å². The van der Waals surface area contributed by atoms with Gasteiger partial charge >= 0.3 is 0 Å². The Balaban J connectivity index is 2.23. The van der Waals surface area contributed by atoms with Crippen LogP contribution in [0.4, 0.5) is 8.78 Å². The Morgan fingerprint density at radius 1 is 1.41 bits per heavy atom. The highest BCUT2D eigenvalue weighted by Crippen LogP contribution is 2.16. The summed E-state index contributed by atoms with van der Waals surface area (Å²) in [5, 5.41) is 2.42. The molecule has 0 bridgehead atoms. The average molecular weight is 253 g/mol. The van der Waals surface area contributed by atoms with Crippen LogP contribution in [0.5, 0.6) is 0 Å². The van der Waals surface area contributed by atoms with Gasteiger partial charge in [-0.05, 0) is 19.1 Å². The number of aromatic nitrogens is 1. The van der Waals surface area contributed by atoms with Gasteiger partial charge in [0.05, 0.1) is 12.0 Å². The first-order valence-corrected chi connectivity index (χ1v) is 5.84. The van der Waals surface area contributed by atoms with E-state index >= 15 is 0 Å². The van der Waals surface area contributed by atoms with Crippen molar-refractivity contribution < 1.29 is 13.6 Å². The molecule has 2 aromatic rings. The third kappa shape index (κ3) is 2.55. The Hall–Kier alpha value is -1.62. The maximum absolute atomic E-state index is 13.3.